The van der Waals surface area contributed by atoms with Gasteiger partial charge < -0.3 is 10.2 Å². The third-order valence-electron chi connectivity index (χ3n) is 3.48. The smallest absolute Gasteiger partial charge is 0.231 e. The molecule has 2 heterocycles. The first-order valence-corrected chi connectivity index (χ1v) is 7.93. The van der Waals surface area contributed by atoms with Crippen molar-refractivity contribution >= 4 is 23.5 Å². The van der Waals surface area contributed by atoms with E-state index in [-0.39, 0.29) is 5.28 Å². The third-order valence-corrected chi connectivity index (χ3v) is 3.65. The van der Waals surface area contributed by atoms with Crippen LogP contribution in [0, 0.1) is 5.92 Å². The standard InChI is InChI=1S/C14H24ClN5/c1-11(2)7-6-8-16-13-17-12(15)18-14(19-13)20-9-4-3-5-10-20/h11H,3-10H2,1-2H3,(H,16,17,18,19). The van der Waals surface area contributed by atoms with Crippen LogP contribution < -0.4 is 10.2 Å². The summed E-state index contributed by atoms with van der Waals surface area (Å²) in [4.78, 5) is 15.1. The van der Waals surface area contributed by atoms with Gasteiger partial charge in [0.2, 0.25) is 17.2 Å². The average Bonchev–Trinajstić information content (AvgIpc) is 2.44. The van der Waals surface area contributed by atoms with Crippen LogP contribution in [0.25, 0.3) is 0 Å². The number of piperidine rings is 1. The van der Waals surface area contributed by atoms with Gasteiger partial charge in [-0.3, -0.25) is 0 Å². The second kappa shape index (κ2) is 7.62. The third kappa shape index (κ3) is 4.78. The molecule has 1 saturated heterocycles. The Morgan fingerprint density at radius 3 is 2.60 bits per heavy atom. The molecule has 1 aromatic rings. The Morgan fingerprint density at radius 2 is 1.90 bits per heavy atom. The molecular formula is C14H24ClN5. The van der Waals surface area contributed by atoms with Crippen molar-refractivity contribution in [1.29, 1.82) is 0 Å². The Bertz CT molecular complexity index is 418. The van der Waals surface area contributed by atoms with Gasteiger partial charge in [0, 0.05) is 19.6 Å². The number of anilines is 2. The maximum Gasteiger partial charge on any atom is 0.231 e. The van der Waals surface area contributed by atoms with Gasteiger partial charge in [0.25, 0.3) is 0 Å². The van der Waals surface area contributed by atoms with Crippen molar-refractivity contribution in [3.8, 4) is 0 Å². The fraction of sp³-hybridized carbons (Fsp3) is 0.786. The minimum Gasteiger partial charge on any atom is -0.354 e. The minimum atomic E-state index is 0.270. The lowest BCUT2D eigenvalue weighted by atomic mass is 10.1. The summed E-state index contributed by atoms with van der Waals surface area (Å²) in [7, 11) is 0. The van der Waals surface area contributed by atoms with Gasteiger partial charge in [-0.05, 0) is 49.6 Å². The molecule has 0 aliphatic carbocycles. The Hall–Kier alpha value is -1.10. The Kier molecular flexibility index (Phi) is 5.83. The molecule has 0 atom stereocenters. The second-order valence-corrected chi connectivity index (χ2v) is 6.08. The zero-order valence-electron chi connectivity index (χ0n) is 12.4. The number of nitrogens with zero attached hydrogens (tertiary/aromatic N) is 4. The lowest BCUT2D eigenvalue weighted by Gasteiger charge is -2.26. The van der Waals surface area contributed by atoms with Gasteiger partial charge in [0.1, 0.15) is 0 Å². The molecule has 1 aliphatic heterocycles. The zero-order chi connectivity index (χ0) is 14.4. The molecule has 0 spiro atoms. The first kappa shape index (κ1) is 15.3. The van der Waals surface area contributed by atoms with Crippen molar-refractivity contribution in [1.82, 2.24) is 15.0 Å². The van der Waals surface area contributed by atoms with Crippen LogP contribution in [0.15, 0.2) is 0 Å². The van der Waals surface area contributed by atoms with E-state index in [0.29, 0.717) is 11.9 Å². The predicted octanol–water partition coefficient (Wildman–Crippen LogP) is 3.36. The summed E-state index contributed by atoms with van der Waals surface area (Å²) in [5, 5.41) is 3.52. The maximum absolute atomic E-state index is 6.00. The van der Waals surface area contributed by atoms with E-state index in [1.165, 1.54) is 25.7 Å². The molecule has 5 nitrogen and oxygen atoms in total. The van der Waals surface area contributed by atoms with Gasteiger partial charge in [0.05, 0.1) is 0 Å². The molecular weight excluding hydrogens is 274 g/mol. The van der Waals surface area contributed by atoms with Crippen molar-refractivity contribution in [3.05, 3.63) is 5.28 Å². The first-order chi connectivity index (χ1) is 9.65. The summed E-state index contributed by atoms with van der Waals surface area (Å²) in [6.07, 6.45) is 5.99. The number of nitrogens with one attached hydrogen (secondary N) is 1. The van der Waals surface area contributed by atoms with E-state index in [1.807, 2.05) is 0 Å². The molecule has 112 valence electrons. The minimum absolute atomic E-state index is 0.270. The molecule has 1 fully saturated rings. The zero-order valence-corrected chi connectivity index (χ0v) is 13.2. The fourth-order valence-electron chi connectivity index (χ4n) is 2.36. The summed E-state index contributed by atoms with van der Waals surface area (Å²) in [5.41, 5.74) is 0. The number of halogens is 1. The lowest BCUT2D eigenvalue weighted by molar-refractivity contribution is 0.563. The van der Waals surface area contributed by atoms with Crippen molar-refractivity contribution in [3.63, 3.8) is 0 Å². The van der Waals surface area contributed by atoms with Crippen LogP contribution in [0.2, 0.25) is 5.28 Å². The van der Waals surface area contributed by atoms with Gasteiger partial charge >= 0.3 is 0 Å². The van der Waals surface area contributed by atoms with Crippen LogP contribution in [0.5, 0.6) is 0 Å². The topological polar surface area (TPSA) is 53.9 Å². The van der Waals surface area contributed by atoms with Crippen molar-refractivity contribution in [2.24, 2.45) is 5.92 Å². The van der Waals surface area contributed by atoms with Crippen LogP contribution >= 0.6 is 11.6 Å². The van der Waals surface area contributed by atoms with Crippen LogP contribution in [0.3, 0.4) is 0 Å². The van der Waals surface area contributed by atoms with Crippen molar-refractivity contribution in [2.45, 2.75) is 46.0 Å². The van der Waals surface area contributed by atoms with Gasteiger partial charge in [-0.1, -0.05) is 13.8 Å². The second-order valence-electron chi connectivity index (χ2n) is 5.74. The number of hydrogen-bond donors (Lipinski definition) is 1. The first-order valence-electron chi connectivity index (χ1n) is 7.55. The maximum atomic E-state index is 6.00. The molecule has 0 aromatic carbocycles. The molecule has 0 radical (unpaired) electrons. The highest BCUT2D eigenvalue weighted by Crippen LogP contribution is 2.18. The Labute approximate surface area is 126 Å². The highest BCUT2D eigenvalue weighted by atomic mass is 35.5. The average molecular weight is 298 g/mol. The van der Waals surface area contributed by atoms with E-state index >= 15 is 0 Å². The monoisotopic (exact) mass is 297 g/mol. The highest BCUT2D eigenvalue weighted by Gasteiger charge is 2.15. The summed E-state index contributed by atoms with van der Waals surface area (Å²) in [6, 6.07) is 0. The highest BCUT2D eigenvalue weighted by molar-refractivity contribution is 6.28. The van der Waals surface area contributed by atoms with Crippen LogP contribution in [-0.2, 0) is 0 Å². The molecule has 0 amide bonds. The number of hydrogen-bond acceptors (Lipinski definition) is 5. The van der Waals surface area contributed by atoms with Gasteiger partial charge in [-0.2, -0.15) is 15.0 Å². The summed E-state index contributed by atoms with van der Waals surface area (Å²) < 4.78 is 0. The summed E-state index contributed by atoms with van der Waals surface area (Å²) >= 11 is 6.00. The van der Waals surface area contributed by atoms with Gasteiger partial charge in [-0.15, -0.1) is 0 Å². The van der Waals surface area contributed by atoms with E-state index in [2.05, 4.69) is 39.0 Å². The molecule has 0 saturated carbocycles. The molecule has 6 heteroatoms. The van der Waals surface area contributed by atoms with Crippen LogP contribution in [0.4, 0.5) is 11.9 Å². The fourth-order valence-corrected chi connectivity index (χ4v) is 2.52. The van der Waals surface area contributed by atoms with Gasteiger partial charge in [-0.25, -0.2) is 0 Å². The molecule has 1 aromatic heterocycles. The van der Waals surface area contributed by atoms with E-state index < -0.39 is 0 Å². The predicted molar refractivity (Wildman–Crippen MR) is 83.5 cm³/mol. The van der Waals surface area contributed by atoms with E-state index in [1.54, 1.807) is 0 Å². The Balaban J connectivity index is 1.93. The summed E-state index contributed by atoms with van der Waals surface area (Å²) in [5.74, 6) is 2.02. The normalized spacial score (nSPS) is 15.7. The molecule has 1 N–H and O–H groups in total. The van der Waals surface area contributed by atoms with Crippen LogP contribution in [-0.4, -0.2) is 34.6 Å². The quantitative estimate of drug-likeness (QED) is 0.816. The Morgan fingerprint density at radius 1 is 1.15 bits per heavy atom. The van der Waals surface area contributed by atoms with E-state index in [0.717, 1.165) is 32.0 Å². The summed E-state index contributed by atoms with van der Waals surface area (Å²) in [6.45, 7) is 7.35. The molecule has 1 aliphatic rings. The SMILES string of the molecule is CC(C)CCCNc1nc(Cl)nc(N2CCCCC2)n1. The largest absolute Gasteiger partial charge is 0.354 e. The van der Waals surface area contributed by atoms with Crippen molar-refractivity contribution in [2.75, 3.05) is 29.9 Å². The number of aromatic nitrogens is 3. The van der Waals surface area contributed by atoms with Gasteiger partial charge in [0.15, 0.2) is 0 Å². The lowest BCUT2D eigenvalue weighted by Crippen LogP contribution is -2.31. The van der Waals surface area contributed by atoms with E-state index in [4.69, 9.17) is 11.6 Å². The molecule has 0 bridgehead atoms. The van der Waals surface area contributed by atoms with Crippen LogP contribution in [0.1, 0.15) is 46.0 Å². The molecule has 0 unspecified atom stereocenters. The molecule has 20 heavy (non-hydrogen) atoms. The molecule has 2 rings (SSSR count). The van der Waals surface area contributed by atoms with E-state index in [9.17, 15) is 0 Å². The van der Waals surface area contributed by atoms with Crippen molar-refractivity contribution < 1.29 is 0 Å². The number of rotatable bonds is 6.